The van der Waals surface area contributed by atoms with Gasteiger partial charge in [0.15, 0.2) is 0 Å². The fourth-order valence-electron chi connectivity index (χ4n) is 2.32. The number of ether oxygens (including phenoxy) is 1. The Balaban J connectivity index is 2.28. The van der Waals surface area contributed by atoms with Gasteiger partial charge >= 0.3 is 0 Å². The van der Waals surface area contributed by atoms with E-state index in [9.17, 15) is 4.79 Å². The number of nitrogens with two attached hydrogens (primary N) is 1. The number of hydrogen-bond acceptors (Lipinski definition) is 3. The summed E-state index contributed by atoms with van der Waals surface area (Å²) in [6, 6.07) is 0. The van der Waals surface area contributed by atoms with Crippen molar-refractivity contribution in [2.45, 2.75) is 45.4 Å². The number of amides is 1. The van der Waals surface area contributed by atoms with E-state index in [1.807, 2.05) is 0 Å². The first-order valence-electron chi connectivity index (χ1n) is 6.79. The van der Waals surface area contributed by atoms with Crippen LogP contribution in [0.25, 0.3) is 0 Å². The van der Waals surface area contributed by atoms with Crippen LogP contribution < -0.4 is 11.1 Å². The van der Waals surface area contributed by atoms with Gasteiger partial charge in [-0.15, -0.1) is 0 Å². The molecule has 0 aromatic rings. The van der Waals surface area contributed by atoms with E-state index in [2.05, 4.69) is 12.2 Å². The lowest BCUT2D eigenvalue weighted by Crippen LogP contribution is -2.47. The molecule has 0 bridgehead atoms. The largest absolute Gasteiger partial charge is 0.392 e. The molecule has 5 heteroatoms. The van der Waals surface area contributed by atoms with Crippen LogP contribution in [0.15, 0.2) is 0 Å². The van der Waals surface area contributed by atoms with Crippen molar-refractivity contribution in [2.75, 3.05) is 19.8 Å². The van der Waals surface area contributed by atoms with Crippen molar-refractivity contribution >= 4 is 23.1 Å². The molecular formula is C13H24N2O2S. The Morgan fingerprint density at radius 1 is 1.39 bits per heavy atom. The Morgan fingerprint density at radius 2 is 2.06 bits per heavy atom. The molecule has 18 heavy (non-hydrogen) atoms. The summed E-state index contributed by atoms with van der Waals surface area (Å²) in [4.78, 5) is 12.5. The van der Waals surface area contributed by atoms with Crippen molar-refractivity contribution in [3.63, 3.8) is 0 Å². The summed E-state index contributed by atoms with van der Waals surface area (Å²) in [6.45, 7) is 3.97. The second-order valence-electron chi connectivity index (χ2n) is 4.88. The summed E-state index contributed by atoms with van der Waals surface area (Å²) in [6.07, 6.45) is 5.80. The maximum atomic E-state index is 12.2. The molecule has 1 fully saturated rings. The van der Waals surface area contributed by atoms with Gasteiger partial charge in [0, 0.05) is 13.2 Å². The maximum absolute atomic E-state index is 12.2. The van der Waals surface area contributed by atoms with Crippen LogP contribution >= 0.6 is 12.2 Å². The predicted octanol–water partition coefficient (Wildman–Crippen LogP) is 1.77. The van der Waals surface area contributed by atoms with Gasteiger partial charge in [0.1, 0.15) is 0 Å². The molecule has 0 atom stereocenters. The van der Waals surface area contributed by atoms with Crippen molar-refractivity contribution in [1.29, 1.82) is 0 Å². The Labute approximate surface area is 115 Å². The molecule has 1 aliphatic carbocycles. The normalized spacial score (nSPS) is 17.6. The molecule has 0 heterocycles. The van der Waals surface area contributed by atoms with Crippen LogP contribution in [0.1, 0.15) is 45.4 Å². The summed E-state index contributed by atoms with van der Waals surface area (Å²) in [5, 5.41) is 2.89. The first kappa shape index (κ1) is 15.4. The summed E-state index contributed by atoms with van der Waals surface area (Å²) in [7, 11) is 0. The zero-order chi connectivity index (χ0) is 13.4. The quantitative estimate of drug-likeness (QED) is 0.522. The molecule has 0 spiro atoms. The Morgan fingerprint density at radius 3 is 2.61 bits per heavy atom. The topological polar surface area (TPSA) is 64.3 Å². The van der Waals surface area contributed by atoms with Gasteiger partial charge < -0.3 is 15.8 Å². The van der Waals surface area contributed by atoms with Crippen LogP contribution in [0, 0.1) is 5.41 Å². The van der Waals surface area contributed by atoms with E-state index >= 15 is 0 Å². The van der Waals surface area contributed by atoms with E-state index in [-0.39, 0.29) is 5.91 Å². The Hall–Kier alpha value is -0.680. The molecule has 0 aromatic carbocycles. The van der Waals surface area contributed by atoms with Gasteiger partial charge in [0.05, 0.1) is 17.0 Å². The predicted molar refractivity (Wildman–Crippen MR) is 76.4 cm³/mol. The SMILES string of the molecule is CCCCOCCNC(=O)C1(C(N)=S)CCCC1. The van der Waals surface area contributed by atoms with Gasteiger partial charge in [-0.3, -0.25) is 4.79 Å². The van der Waals surface area contributed by atoms with Crippen LogP contribution in [0.4, 0.5) is 0 Å². The zero-order valence-electron chi connectivity index (χ0n) is 11.2. The molecule has 0 radical (unpaired) electrons. The fraction of sp³-hybridized carbons (Fsp3) is 0.846. The highest BCUT2D eigenvalue weighted by atomic mass is 32.1. The molecular weight excluding hydrogens is 248 g/mol. The highest BCUT2D eigenvalue weighted by Gasteiger charge is 2.43. The van der Waals surface area contributed by atoms with E-state index in [0.29, 0.717) is 18.1 Å². The number of rotatable bonds is 8. The van der Waals surface area contributed by atoms with Gasteiger partial charge in [-0.2, -0.15) is 0 Å². The fourth-order valence-corrected chi connectivity index (χ4v) is 2.62. The molecule has 1 saturated carbocycles. The van der Waals surface area contributed by atoms with E-state index in [0.717, 1.165) is 45.1 Å². The summed E-state index contributed by atoms with van der Waals surface area (Å²) in [5.74, 6) is -0.0217. The minimum atomic E-state index is -0.598. The van der Waals surface area contributed by atoms with Crippen LogP contribution in [-0.2, 0) is 9.53 Å². The smallest absolute Gasteiger partial charge is 0.233 e. The van der Waals surface area contributed by atoms with Crippen molar-refractivity contribution in [2.24, 2.45) is 11.1 Å². The van der Waals surface area contributed by atoms with Gasteiger partial charge in [-0.05, 0) is 19.3 Å². The molecule has 0 aliphatic heterocycles. The van der Waals surface area contributed by atoms with E-state index in [1.165, 1.54) is 0 Å². The average molecular weight is 272 g/mol. The van der Waals surface area contributed by atoms with Crippen LogP contribution in [-0.4, -0.2) is 30.7 Å². The van der Waals surface area contributed by atoms with Gasteiger partial charge in [0.25, 0.3) is 0 Å². The molecule has 4 nitrogen and oxygen atoms in total. The third-order valence-electron chi connectivity index (χ3n) is 3.54. The number of nitrogens with one attached hydrogen (secondary N) is 1. The Kier molecular flexibility index (Phi) is 6.57. The van der Waals surface area contributed by atoms with Gasteiger partial charge in [-0.1, -0.05) is 38.4 Å². The monoisotopic (exact) mass is 272 g/mol. The first-order chi connectivity index (χ1) is 8.63. The lowest BCUT2D eigenvalue weighted by molar-refractivity contribution is -0.127. The molecule has 1 aliphatic rings. The second-order valence-corrected chi connectivity index (χ2v) is 5.32. The third kappa shape index (κ3) is 3.92. The molecule has 0 unspecified atom stereocenters. The van der Waals surface area contributed by atoms with E-state index in [4.69, 9.17) is 22.7 Å². The molecule has 104 valence electrons. The Bertz CT molecular complexity index is 289. The van der Waals surface area contributed by atoms with Crippen molar-refractivity contribution < 1.29 is 9.53 Å². The summed E-state index contributed by atoms with van der Waals surface area (Å²) < 4.78 is 5.40. The minimum absolute atomic E-state index is 0.0217. The number of thiocarbonyl (C=S) groups is 1. The highest BCUT2D eigenvalue weighted by molar-refractivity contribution is 7.80. The highest BCUT2D eigenvalue weighted by Crippen LogP contribution is 2.38. The van der Waals surface area contributed by atoms with Gasteiger partial charge in [-0.25, -0.2) is 0 Å². The molecule has 3 N–H and O–H groups in total. The van der Waals surface area contributed by atoms with Crippen molar-refractivity contribution in [1.82, 2.24) is 5.32 Å². The number of hydrogen-bond donors (Lipinski definition) is 2. The average Bonchev–Trinajstić information content (AvgIpc) is 2.84. The zero-order valence-corrected chi connectivity index (χ0v) is 12.0. The van der Waals surface area contributed by atoms with Crippen molar-refractivity contribution in [3.05, 3.63) is 0 Å². The number of unbranched alkanes of at least 4 members (excludes halogenated alkanes) is 1. The van der Waals surface area contributed by atoms with E-state index in [1.54, 1.807) is 0 Å². The lowest BCUT2D eigenvalue weighted by atomic mass is 9.85. The molecule has 0 aromatic heterocycles. The van der Waals surface area contributed by atoms with Gasteiger partial charge in [0.2, 0.25) is 5.91 Å². The van der Waals surface area contributed by atoms with Crippen LogP contribution in [0.5, 0.6) is 0 Å². The summed E-state index contributed by atoms with van der Waals surface area (Å²) >= 11 is 5.07. The maximum Gasteiger partial charge on any atom is 0.233 e. The standard InChI is InChI=1S/C13H24N2O2S/c1-2-3-9-17-10-8-15-12(16)13(11(14)18)6-4-5-7-13/h2-10H2,1H3,(H2,14,18)(H,15,16). The van der Waals surface area contributed by atoms with E-state index < -0.39 is 5.41 Å². The lowest BCUT2D eigenvalue weighted by Gasteiger charge is -2.26. The minimum Gasteiger partial charge on any atom is -0.392 e. The molecule has 1 rings (SSSR count). The first-order valence-corrected chi connectivity index (χ1v) is 7.20. The third-order valence-corrected chi connectivity index (χ3v) is 3.93. The molecule has 0 saturated heterocycles. The number of carbonyl (C=O) groups is 1. The second kappa shape index (κ2) is 7.69. The summed E-state index contributed by atoms with van der Waals surface area (Å²) in [5.41, 5.74) is 5.14. The van der Waals surface area contributed by atoms with Crippen LogP contribution in [0.3, 0.4) is 0 Å². The van der Waals surface area contributed by atoms with Crippen LogP contribution in [0.2, 0.25) is 0 Å². The molecule has 1 amide bonds. The van der Waals surface area contributed by atoms with Crippen molar-refractivity contribution in [3.8, 4) is 0 Å². The number of carbonyl (C=O) groups excluding carboxylic acids is 1.